The van der Waals surface area contributed by atoms with Gasteiger partial charge >= 0.3 is 0 Å². The Morgan fingerprint density at radius 3 is 2.33 bits per heavy atom. The van der Waals surface area contributed by atoms with Gasteiger partial charge in [0.1, 0.15) is 0 Å². The lowest BCUT2D eigenvalue weighted by Crippen LogP contribution is -2.35. The number of rotatable bonds is 13. The molecule has 168 valence electrons. The lowest BCUT2D eigenvalue weighted by atomic mass is 9.89. The molecular formula is C28H45NS. The molecule has 30 heavy (non-hydrogen) atoms. The van der Waals surface area contributed by atoms with E-state index in [2.05, 4.69) is 87.6 Å². The van der Waals surface area contributed by atoms with Gasteiger partial charge in [0.05, 0.1) is 4.75 Å². The van der Waals surface area contributed by atoms with Crippen molar-refractivity contribution in [3.63, 3.8) is 0 Å². The summed E-state index contributed by atoms with van der Waals surface area (Å²) in [5, 5.41) is 0. The number of benzene rings is 1. The largest absolute Gasteiger partial charge is 0.280 e. The molecule has 0 aliphatic heterocycles. The smallest absolute Gasteiger partial charge is 0.0731 e. The number of hydrogen-bond donors (Lipinski definition) is 1. The molecule has 1 aliphatic rings. The van der Waals surface area contributed by atoms with Crippen LogP contribution < -0.4 is 4.72 Å². The number of fused-ring (bicyclic) bond motifs is 1. The molecule has 0 saturated carbocycles. The van der Waals surface area contributed by atoms with Crippen LogP contribution in [0.4, 0.5) is 0 Å². The van der Waals surface area contributed by atoms with E-state index < -0.39 is 10.2 Å². The number of nitrogens with one attached hydrogen (secondary N) is 1. The van der Waals surface area contributed by atoms with Gasteiger partial charge < -0.3 is 0 Å². The van der Waals surface area contributed by atoms with E-state index in [0.717, 1.165) is 13.0 Å². The van der Waals surface area contributed by atoms with E-state index in [1.54, 1.807) is 0 Å². The Kier molecular flexibility index (Phi) is 9.06. The summed E-state index contributed by atoms with van der Waals surface area (Å²) in [6.45, 7) is 16.2. The van der Waals surface area contributed by atoms with Crippen LogP contribution in [0, 0.1) is 5.41 Å². The van der Waals surface area contributed by atoms with Crippen molar-refractivity contribution in [2.75, 3.05) is 19.1 Å². The minimum atomic E-state index is -1.14. The zero-order valence-electron chi connectivity index (χ0n) is 20.2. The van der Waals surface area contributed by atoms with Gasteiger partial charge in [0.15, 0.2) is 0 Å². The summed E-state index contributed by atoms with van der Waals surface area (Å²) in [7, 11) is -1.14. The molecule has 0 spiro atoms. The van der Waals surface area contributed by atoms with Crippen molar-refractivity contribution >= 4 is 15.8 Å². The number of unbranched alkanes of at least 4 members (excludes halogenated alkanes) is 4. The van der Waals surface area contributed by atoms with Gasteiger partial charge in [0, 0.05) is 6.54 Å². The Bertz CT molecular complexity index is 737. The Morgan fingerprint density at radius 2 is 1.67 bits per heavy atom. The standard InChI is InChI=1S/C28H45NS/c1-8-10-22-29-30(6,7)28(9-2)23-24(25-19-15-16-20-26(25)28)18-14-12-11-13-17-21-27(3,4)5/h8-9,15-16,19-20,23,29H,1-2,10-14,17-18,21-22H2,3-7H3. The summed E-state index contributed by atoms with van der Waals surface area (Å²) in [5.41, 5.74) is 4.87. The minimum Gasteiger partial charge on any atom is -0.280 e. The van der Waals surface area contributed by atoms with Gasteiger partial charge in [-0.15, -0.1) is 13.2 Å². The molecule has 0 radical (unpaired) electrons. The van der Waals surface area contributed by atoms with Crippen molar-refractivity contribution in [3.8, 4) is 0 Å². The lowest BCUT2D eigenvalue weighted by molar-refractivity contribution is 0.357. The molecule has 0 amide bonds. The van der Waals surface area contributed by atoms with E-state index in [9.17, 15) is 0 Å². The molecule has 0 fully saturated rings. The lowest BCUT2D eigenvalue weighted by Gasteiger charge is -2.47. The van der Waals surface area contributed by atoms with Crippen molar-refractivity contribution in [2.45, 2.75) is 76.9 Å². The second-order valence-corrected chi connectivity index (χ2v) is 14.0. The normalized spacial score (nSPS) is 19.3. The van der Waals surface area contributed by atoms with Gasteiger partial charge in [0.2, 0.25) is 0 Å². The average molecular weight is 428 g/mol. The number of allylic oxidation sites excluding steroid dienone is 1. The minimum absolute atomic E-state index is 0.0905. The van der Waals surface area contributed by atoms with Crippen molar-refractivity contribution in [2.24, 2.45) is 5.41 Å². The molecule has 1 aliphatic carbocycles. The fourth-order valence-electron chi connectivity index (χ4n) is 4.56. The van der Waals surface area contributed by atoms with Crippen LogP contribution in [0.25, 0.3) is 5.57 Å². The maximum atomic E-state index is 4.31. The van der Waals surface area contributed by atoms with Crippen molar-refractivity contribution < 1.29 is 0 Å². The first-order valence-corrected chi connectivity index (χ1v) is 14.2. The Labute approximate surface area is 188 Å². The van der Waals surface area contributed by atoms with E-state index in [1.807, 2.05) is 6.08 Å². The molecule has 1 unspecified atom stereocenters. The third-order valence-electron chi connectivity index (χ3n) is 6.41. The third kappa shape index (κ3) is 6.14. The summed E-state index contributed by atoms with van der Waals surface area (Å²) in [6.07, 6.45) is 21.7. The summed E-state index contributed by atoms with van der Waals surface area (Å²) in [6, 6.07) is 9.00. The topological polar surface area (TPSA) is 12.0 Å². The van der Waals surface area contributed by atoms with Crippen molar-refractivity contribution in [1.82, 2.24) is 4.72 Å². The van der Waals surface area contributed by atoms with Crippen LogP contribution in [0.2, 0.25) is 0 Å². The van der Waals surface area contributed by atoms with Crippen LogP contribution in [-0.4, -0.2) is 19.1 Å². The molecule has 0 aromatic heterocycles. The summed E-state index contributed by atoms with van der Waals surface area (Å²) < 4.78 is 3.76. The van der Waals surface area contributed by atoms with Crippen LogP contribution in [0.1, 0.15) is 83.3 Å². The fourth-order valence-corrected chi connectivity index (χ4v) is 7.01. The summed E-state index contributed by atoms with van der Waals surface area (Å²) in [5.74, 6) is 0. The van der Waals surface area contributed by atoms with Gasteiger partial charge in [-0.25, -0.2) is 0 Å². The Balaban J connectivity index is 2.05. The molecule has 2 heteroatoms. The first-order valence-electron chi connectivity index (χ1n) is 11.7. The van der Waals surface area contributed by atoms with Crippen LogP contribution >= 0.6 is 10.2 Å². The third-order valence-corrected chi connectivity index (χ3v) is 9.53. The first kappa shape index (κ1) is 25.0. The molecule has 1 nitrogen and oxygen atoms in total. The zero-order valence-corrected chi connectivity index (χ0v) is 21.0. The van der Waals surface area contributed by atoms with E-state index in [4.69, 9.17) is 0 Å². The van der Waals surface area contributed by atoms with Crippen LogP contribution in [-0.2, 0) is 4.75 Å². The second kappa shape index (κ2) is 10.9. The molecule has 1 N–H and O–H groups in total. The van der Waals surface area contributed by atoms with E-state index in [1.165, 1.54) is 61.6 Å². The van der Waals surface area contributed by atoms with Gasteiger partial charge in [-0.2, -0.15) is 10.2 Å². The maximum Gasteiger partial charge on any atom is 0.0731 e. The molecular weight excluding hydrogens is 382 g/mol. The first-order chi connectivity index (χ1) is 14.2. The molecule has 0 heterocycles. The van der Waals surface area contributed by atoms with E-state index >= 15 is 0 Å². The van der Waals surface area contributed by atoms with E-state index in [-0.39, 0.29) is 4.75 Å². The van der Waals surface area contributed by atoms with Crippen molar-refractivity contribution in [3.05, 3.63) is 66.8 Å². The molecule has 1 aromatic carbocycles. The van der Waals surface area contributed by atoms with Gasteiger partial charge in [-0.1, -0.05) is 88.9 Å². The highest BCUT2D eigenvalue weighted by atomic mass is 32.3. The number of hydrogen-bond acceptors (Lipinski definition) is 1. The van der Waals surface area contributed by atoms with Gasteiger partial charge in [-0.3, -0.25) is 4.72 Å². The molecule has 2 rings (SSSR count). The van der Waals surface area contributed by atoms with Gasteiger partial charge in [0.25, 0.3) is 0 Å². The SMILES string of the molecule is C=CCCNS(C)(C)C1(C=C)C=C(CCCCCCCC(C)(C)C)c2ccccc21. The summed E-state index contributed by atoms with van der Waals surface area (Å²) >= 11 is 0. The molecule has 0 saturated heterocycles. The molecule has 1 aromatic rings. The Morgan fingerprint density at radius 1 is 1.00 bits per heavy atom. The quantitative estimate of drug-likeness (QED) is 0.246. The fraction of sp³-hybridized carbons (Fsp3) is 0.571. The van der Waals surface area contributed by atoms with Crippen LogP contribution in [0.5, 0.6) is 0 Å². The zero-order chi connectivity index (χ0) is 22.3. The molecule has 1 atom stereocenters. The predicted molar refractivity (Wildman–Crippen MR) is 140 cm³/mol. The second-order valence-electron chi connectivity index (χ2n) is 10.3. The predicted octanol–water partition coefficient (Wildman–Crippen LogP) is 8.39. The molecule has 0 bridgehead atoms. The van der Waals surface area contributed by atoms with Crippen LogP contribution in [0.15, 0.2) is 55.7 Å². The monoisotopic (exact) mass is 427 g/mol. The summed E-state index contributed by atoms with van der Waals surface area (Å²) in [4.78, 5) is 0. The van der Waals surface area contributed by atoms with Crippen LogP contribution in [0.3, 0.4) is 0 Å². The van der Waals surface area contributed by atoms with E-state index in [0.29, 0.717) is 5.41 Å². The highest BCUT2D eigenvalue weighted by Crippen LogP contribution is 2.62. The average Bonchev–Trinajstić information content (AvgIpc) is 3.02. The highest BCUT2D eigenvalue weighted by molar-refractivity contribution is 8.32. The van der Waals surface area contributed by atoms with Crippen molar-refractivity contribution in [1.29, 1.82) is 0 Å². The Hall–Kier alpha value is -1.25. The maximum absolute atomic E-state index is 4.31. The highest BCUT2D eigenvalue weighted by Gasteiger charge is 2.43. The van der Waals surface area contributed by atoms with Gasteiger partial charge in [-0.05, 0) is 60.3 Å².